The first-order chi connectivity index (χ1) is 13.3. The average molecular weight is 360 g/mol. The molecular weight excluding hydrogens is 336 g/mol. The fraction of sp³-hybridized carbons (Fsp3) is 0.273. The Morgan fingerprint density at radius 2 is 1.70 bits per heavy atom. The summed E-state index contributed by atoms with van der Waals surface area (Å²) in [7, 11) is 0. The lowest BCUT2D eigenvalue weighted by Gasteiger charge is -2.27. The standard InChI is InChI=1S/C22H24N4O/c1-17-7-5-6-10-19(17)16-23-21-15-20(18-8-3-2-4-9-18)24-22(25-21)26-11-13-27-14-12-26/h2-10,15H,11-14,16H2,1H3,(H,23,24,25). The molecule has 1 aliphatic rings. The number of ether oxygens (including phenoxy) is 1. The minimum absolute atomic E-state index is 0.713. The third-order valence-electron chi connectivity index (χ3n) is 4.80. The maximum Gasteiger partial charge on any atom is 0.228 e. The molecule has 0 atom stereocenters. The van der Waals surface area contributed by atoms with Gasteiger partial charge in [0, 0.05) is 31.3 Å². The van der Waals surface area contributed by atoms with Gasteiger partial charge in [0.2, 0.25) is 5.95 Å². The second-order valence-corrected chi connectivity index (χ2v) is 6.68. The minimum atomic E-state index is 0.713. The van der Waals surface area contributed by atoms with Crippen molar-refractivity contribution in [3.05, 3.63) is 71.8 Å². The van der Waals surface area contributed by atoms with Crippen LogP contribution in [-0.4, -0.2) is 36.3 Å². The van der Waals surface area contributed by atoms with Crippen LogP contribution in [0.25, 0.3) is 11.3 Å². The molecule has 0 amide bonds. The van der Waals surface area contributed by atoms with Crippen LogP contribution >= 0.6 is 0 Å². The first-order valence-corrected chi connectivity index (χ1v) is 9.35. The maximum absolute atomic E-state index is 5.47. The summed E-state index contributed by atoms with van der Waals surface area (Å²) >= 11 is 0. The molecule has 0 aliphatic carbocycles. The summed E-state index contributed by atoms with van der Waals surface area (Å²) in [6.45, 7) is 5.92. The highest BCUT2D eigenvalue weighted by molar-refractivity contribution is 5.64. The van der Waals surface area contributed by atoms with Gasteiger partial charge in [-0.2, -0.15) is 4.98 Å². The highest BCUT2D eigenvalue weighted by Crippen LogP contribution is 2.24. The van der Waals surface area contributed by atoms with Crippen LogP contribution in [-0.2, 0) is 11.3 Å². The van der Waals surface area contributed by atoms with E-state index in [2.05, 4.69) is 53.5 Å². The lowest BCUT2D eigenvalue weighted by atomic mass is 10.1. The molecular formula is C22H24N4O. The summed E-state index contributed by atoms with van der Waals surface area (Å²) in [5.41, 5.74) is 4.56. The van der Waals surface area contributed by atoms with E-state index in [1.165, 1.54) is 11.1 Å². The summed E-state index contributed by atoms with van der Waals surface area (Å²) in [4.78, 5) is 11.8. The molecule has 138 valence electrons. The van der Waals surface area contributed by atoms with Crippen molar-refractivity contribution in [1.82, 2.24) is 9.97 Å². The molecule has 5 nitrogen and oxygen atoms in total. The Balaban J connectivity index is 1.64. The lowest BCUT2D eigenvalue weighted by Crippen LogP contribution is -2.37. The Kier molecular flexibility index (Phi) is 5.30. The fourth-order valence-electron chi connectivity index (χ4n) is 3.18. The van der Waals surface area contributed by atoms with Gasteiger partial charge in [0.15, 0.2) is 0 Å². The van der Waals surface area contributed by atoms with E-state index < -0.39 is 0 Å². The van der Waals surface area contributed by atoms with Gasteiger partial charge in [-0.15, -0.1) is 0 Å². The number of aromatic nitrogens is 2. The van der Waals surface area contributed by atoms with E-state index in [4.69, 9.17) is 14.7 Å². The van der Waals surface area contributed by atoms with Crippen LogP contribution in [0.1, 0.15) is 11.1 Å². The monoisotopic (exact) mass is 360 g/mol. The van der Waals surface area contributed by atoms with E-state index in [1.54, 1.807) is 0 Å². The fourth-order valence-corrected chi connectivity index (χ4v) is 3.18. The van der Waals surface area contributed by atoms with Crippen LogP contribution < -0.4 is 10.2 Å². The van der Waals surface area contributed by atoms with E-state index in [-0.39, 0.29) is 0 Å². The van der Waals surface area contributed by atoms with Crippen molar-refractivity contribution < 1.29 is 4.74 Å². The Morgan fingerprint density at radius 3 is 2.48 bits per heavy atom. The Bertz CT molecular complexity index is 892. The Hall–Kier alpha value is -2.92. The molecule has 1 aliphatic heterocycles. The number of hydrogen-bond donors (Lipinski definition) is 1. The number of aryl methyl sites for hydroxylation is 1. The van der Waals surface area contributed by atoms with Gasteiger partial charge in [-0.05, 0) is 18.1 Å². The molecule has 3 aromatic rings. The van der Waals surface area contributed by atoms with Crippen molar-refractivity contribution in [2.45, 2.75) is 13.5 Å². The predicted octanol–water partition coefficient (Wildman–Crippen LogP) is 3.90. The van der Waals surface area contributed by atoms with E-state index >= 15 is 0 Å². The van der Waals surface area contributed by atoms with Crippen LogP contribution in [0.3, 0.4) is 0 Å². The van der Waals surface area contributed by atoms with Crippen LogP contribution in [0.4, 0.5) is 11.8 Å². The molecule has 4 rings (SSSR count). The summed E-state index contributed by atoms with van der Waals surface area (Å²) in [6.07, 6.45) is 0. The van der Waals surface area contributed by atoms with Gasteiger partial charge in [-0.25, -0.2) is 4.98 Å². The number of anilines is 2. The van der Waals surface area contributed by atoms with Crippen molar-refractivity contribution in [2.24, 2.45) is 0 Å². The molecule has 0 spiro atoms. The Labute approximate surface area is 160 Å². The number of benzene rings is 2. The highest BCUT2D eigenvalue weighted by atomic mass is 16.5. The van der Waals surface area contributed by atoms with Gasteiger partial charge in [0.1, 0.15) is 5.82 Å². The molecule has 0 saturated carbocycles. The van der Waals surface area contributed by atoms with Crippen molar-refractivity contribution in [3.8, 4) is 11.3 Å². The predicted molar refractivity (Wildman–Crippen MR) is 109 cm³/mol. The van der Waals surface area contributed by atoms with Crippen LogP contribution in [0.15, 0.2) is 60.7 Å². The quantitative estimate of drug-likeness (QED) is 0.748. The summed E-state index contributed by atoms with van der Waals surface area (Å²) < 4.78 is 5.47. The average Bonchev–Trinajstić information content (AvgIpc) is 2.74. The normalized spacial score (nSPS) is 14.2. The number of morpholine rings is 1. The number of rotatable bonds is 5. The zero-order valence-electron chi connectivity index (χ0n) is 15.6. The second kappa shape index (κ2) is 8.18. The molecule has 1 fully saturated rings. The van der Waals surface area contributed by atoms with Crippen LogP contribution in [0.5, 0.6) is 0 Å². The largest absolute Gasteiger partial charge is 0.378 e. The van der Waals surface area contributed by atoms with Crippen molar-refractivity contribution in [1.29, 1.82) is 0 Å². The van der Waals surface area contributed by atoms with Gasteiger partial charge in [-0.3, -0.25) is 0 Å². The molecule has 1 N–H and O–H groups in total. The van der Waals surface area contributed by atoms with Crippen LogP contribution in [0, 0.1) is 6.92 Å². The SMILES string of the molecule is Cc1ccccc1CNc1cc(-c2ccccc2)nc(N2CCOCC2)n1. The van der Waals surface area contributed by atoms with Crippen molar-refractivity contribution >= 4 is 11.8 Å². The molecule has 0 unspecified atom stereocenters. The molecule has 0 radical (unpaired) electrons. The van der Waals surface area contributed by atoms with E-state index in [1.807, 2.05) is 24.3 Å². The summed E-state index contributed by atoms with van der Waals surface area (Å²) in [6, 6.07) is 20.7. The molecule has 27 heavy (non-hydrogen) atoms. The van der Waals surface area contributed by atoms with Gasteiger partial charge < -0.3 is 15.0 Å². The molecule has 2 aromatic carbocycles. The number of nitrogens with one attached hydrogen (secondary N) is 1. The number of hydrogen-bond acceptors (Lipinski definition) is 5. The van der Waals surface area contributed by atoms with E-state index in [0.717, 1.165) is 42.7 Å². The van der Waals surface area contributed by atoms with Crippen LogP contribution in [0.2, 0.25) is 0 Å². The zero-order chi connectivity index (χ0) is 18.5. The third-order valence-corrected chi connectivity index (χ3v) is 4.80. The van der Waals surface area contributed by atoms with E-state index in [9.17, 15) is 0 Å². The highest BCUT2D eigenvalue weighted by Gasteiger charge is 2.16. The lowest BCUT2D eigenvalue weighted by molar-refractivity contribution is 0.122. The van der Waals surface area contributed by atoms with Gasteiger partial charge in [0.05, 0.1) is 18.9 Å². The molecule has 2 heterocycles. The number of nitrogens with zero attached hydrogens (tertiary/aromatic N) is 3. The van der Waals surface area contributed by atoms with E-state index in [0.29, 0.717) is 13.2 Å². The van der Waals surface area contributed by atoms with Crippen molar-refractivity contribution in [2.75, 3.05) is 36.5 Å². The Morgan fingerprint density at radius 1 is 0.963 bits per heavy atom. The molecule has 1 saturated heterocycles. The topological polar surface area (TPSA) is 50.3 Å². The van der Waals surface area contributed by atoms with Crippen molar-refractivity contribution in [3.63, 3.8) is 0 Å². The smallest absolute Gasteiger partial charge is 0.228 e. The second-order valence-electron chi connectivity index (χ2n) is 6.68. The molecule has 1 aromatic heterocycles. The van der Waals surface area contributed by atoms with Gasteiger partial charge in [0.25, 0.3) is 0 Å². The zero-order valence-corrected chi connectivity index (χ0v) is 15.6. The van der Waals surface area contributed by atoms with Gasteiger partial charge >= 0.3 is 0 Å². The maximum atomic E-state index is 5.47. The first kappa shape index (κ1) is 17.5. The molecule has 0 bridgehead atoms. The minimum Gasteiger partial charge on any atom is -0.378 e. The third kappa shape index (κ3) is 4.26. The molecule has 5 heteroatoms. The summed E-state index contributed by atoms with van der Waals surface area (Å²) in [5, 5.41) is 3.48. The summed E-state index contributed by atoms with van der Waals surface area (Å²) in [5.74, 6) is 1.60. The first-order valence-electron chi connectivity index (χ1n) is 9.35. The van der Waals surface area contributed by atoms with Gasteiger partial charge in [-0.1, -0.05) is 54.6 Å².